The third-order valence-corrected chi connectivity index (χ3v) is 6.30. The van der Waals surface area contributed by atoms with E-state index in [4.69, 9.17) is 4.74 Å². The van der Waals surface area contributed by atoms with E-state index in [9.17, 15) is 14.4 Å². The van der Waals surface area contributed by atoms with Crippen LogP contribution in [0, 0.1) is 12.8 Å². The third kappa shape index (κ3) is 7.99. The molecule has 0 bridgehead atoms. The number of anilines is 1. The summed E-state index contributed by atoms with van der Waals surface area (Å²) >= 11 is 0. The summed E-state index contributed by atoms with van der Waals surface area (Å²) in [5.74, 6) is -0.0477. The zero-order chi connectivity index (χ0) is 27.2. The number of aryl methyl sites for hydroxylation is 1. The van der Waals surface area contributed by atoms with Crippen LogP contribution in [0.3, 0.4) is 0 Å². The van der Waals surface area contributed by atoms with Gasteiger partial charge in [0, 0.05) is 25.9 Å². The molecule has 3 rings (SSSR count). The summed E-state index contributed by atoms with van der Waals surface area (Å²) in [6.07, 6.45) is 7.04. The molecule has 1 aliphatic rings. The number of nitrogens with zero attached hydrogens (tertiary/aromatic N) is 5. The first-order valence-electron chi connectivity index (χ1n) is 12.8. The molecule has 0 saturated heterocycles. The molecule has 0 unspecified atom stereocenters. The van der Waals surface area contributed by atoms with Gasteiger partial charge in [0.2, 0.25) is 11.8 Å². The molecule has 0 radical (unpaired) electrons. The second-order valence-corrected chi connectivity index (χ2v) is 10.8. The molecule has 202 valence electrons. The topological polar surface area (TPSA) is 131 Å². The summed E-state index contributed by atoms with van der Waals surface area (Å²) < 4.78 is 6.97. The summed E-state index contributed by atoms with van der Waals surface area (Å²) in [5, 5.41) is 13.9. The Balaban J connectivity index is 1.76. The van der Waals surface area contributed by atoms with Crippen molar-refractivity contribution in [3.8, 4) is 11.3 Å². The second-order valence-electron chi connectivity index (χ2n) is 10.8. The minimum absolute atomic E-state index is 0.0200. The largest absolute Gasteiger partial charge is 0.444 e. The van der Waals surface area contributed by atoms with Gasteiger partial charge in [-0.2, -0.15) is 0 Å². The van der Waals surface area contributed by atoms with E-state index in [2.05, 4.69) is 25.9 Å². The van der Waals surface area contributed by atoms with Gasteiger partial charge in [0.05, 0.1) is 11.4 Å². The monoisotopic (exact) mass is 513 g/mol. The Morgan fingerprint density at radius 1 is 1.14 bits per heavy atom. The van der Waals surface area contributed by atoms with Gasteiger partial charge in [-0.05, 0) is 58.6 Å². The number of aromatic nitrogens is 4. The predicted molar refractivity (Wildman–Crippen MR) is 140 cm³/mol. The molecule has 11 nitrogen and oxygen atoms in total. The van der Waals surface area contributed by atoms with Crippen LogP contribution in [0.1, 0.15) is 65.0 Å². The first kappa shape index (κ1) is 28.1. The van der Waals surface area contributed by atoms with Gasteiger partial charge in [-0.15, -0.1) is 5.10 Å². The highest BCUT2D eigenvalue weighted by molar-refractivity contribution is 5.96. The molecule has 2 aromatic heterocycles. The van der Waals surface area contributed by atoms with Crippen LogP contribution in [0.5, 0.6) is 0 Å². The number of hydrogen-bond donors (Lipinski definition) is 2. The molecule has 1 fully saturated rings. The van der Waals surface area contributed by atoms with Gasteiger partial charge >= 0.3 is 6.09 Å². The fourth-order valence-electron chi connectivity index (χ4n) is 4.43. The van der Waals surface area contributed by atoms with Crippen LogP contribution < -0.4 is 10.6 Å². The zero-order valence-corrected chi connectivity index (χ0v) is 22.7. The van der Waals surface area contributed by atoms with E-state index >= 15 is 0 Å². The van der Waals surface area contributed by atoms with Crippen molar-refractivity contribution in [2.45, 2.75) is 84.4 Å². The van der Waals surface area contributed by atoms with Crippen molar-refractivity contribution < 1.29 is 19.1 Å². The number of hydrogen-bond acceptors (Lipinski definition) is 7. The quantitative estimate of drug-likeness (QED) is 0.541. The van der Waals surface area contributed by atoms with Crippen molar-refractivity contribution in [1.82, 2.24) is 30.2 Å². The maximum absolute atomic E-state index is 13.3. The number of nitrogens with one attached hydrogen (secondary N) is 2. The minimum atomic E-state index is -0.723. The maximum atomic E-state index is 13.3. The Morgan fingerprint density at radius 3 is 2.38 bits per heavy atom. The van der Waals surface area contributed by atoms with E-state index in [1.54, 1.807) is 57.9 Å². The zero-order valence-electron chi connectivity index (χ0n) is 22.7. The molecule has 1 saturated carbocycles. The van der Waals surface area contributed by atoms with E-state index in [1.807, 2.05) is 6.92 Å². The molecule has 2 aromatic rings. The standard InChI is InChI=1S/C26H39N7O4/c1-17-23(33(31-30-17)16-21(34)32(5)6)19-13-14-20(27-15-19)28-24(35)22(18-11-9-7-8-10-12-18)29-25(36)37-26(2,3)4/h13-15,18,22H,7-12,16H2,1-6H3,(H,29,36)(H,27,28,35)/t22-/m0/s1. The highest BCUT2D eigenvalue weighted by Gasteiger charge is 2.32. The number of likely N-dealkylation sites (N-methyl/N-ethyl adjacent to an activating group) is 1. The van der Waals surface area contributed by atoms with Crippen LogP contribution in [-0.2, 0) is 20.9 Å². The first-order chi connectivity index (χ1) is 17.4. The van der Waals surface area contributed by atoms with Crippen molar-refractivity contribution in [1.29, 1.82) is 0 Å². The van der Waals surface area contributed by atoms with Gasteiger partial charge in [-0.25, -0.2) is 14.5 Å². The molecule has 0 aromatic carbocycles. The highest BCUT2D eigenvalue weighted by Crippen LogP contribution is 2.27. The average Bonchev–Trinajstić information content (AvgIpc) is 3.00. The van der Waals surface area contributed by atoms with Gasteiger partial charge in [0.25, 0.3) is 0 Å². The molecule has 0 aliphatic heterocycles. The minimum Gasteiger partial charge on any atom is -0.444 e. The van der Waals surface area contributed by atoms with Gasteiger partial charge < -0.3 is 20.3 Å². The predicted octanol–water partition coefficient (Wildman–Crippen LogP) is 3.54. The Hall–Kier alpha value is -3.50. The van der Waals surface area contributed by atoms with Gasteiger partial charge in [0.1, 0.15) is 24.0 Å². The van der Waals surface area contributed by atoms with Crippen molar-refractivity contribution in [3.05, 3.63) is 24.0 Å². The number of rotatable bonds is 7. The smallest absolute Gasteiger partial charge is 0.408 e. The van der Waals surface area contributed by atoms with Gasteiger partial charge in [-0.1, -0.05) is 30.9 Å². The molecular formula is C26H39N7O4. The Labute approximate surface area is 218 Å². The third-order valence-electron chi connectivity index (χ3n) is 6.30. The Morgan fingerprint density at radius 2 is 1.81 bits per heavy atom. The summed E-state index contributed by atoms with van der Waals surface area (Å²) in [7, 11) is 3.37. The van der Waals surface area contributed by atoms with Crippen molar-refractivity contribution in [2.24, 2.45) is 5.92 Å². The molecular weight excluding hydrogens is 474 g/mol. The van der Waals surface area contributed by atoms with E-state index < -0.39 is 17.7 Å². The number of pyridine rings is 1. The molecule has 2 heterocycles. The number of alkyl carbamates (subject to hydrolysis) is 1. The van der Waals surface area contributed by atoms with Crippen LogP contribution in [0.4, 0.5) is 10.6 Å². The second kappa shape index (κ2) is 12.2. The van der Waals surface area contributed by atoms with E-state index in [0.717, 1.165) is 44.1 Å². The van der Waals surface area contributed by atoms with E-state index in [1.165, 1.54) is 4.90 Å². The molecule has 3 amide bonds. The fraction of sp³-hybridized carbons (Fsp3) is 0.615. The summed E-state index contributed by atoms with van der Waals surface area (Å²) in [6, 6.07) is 2.77. The molecule has 2 N–H and O–H groups in total. The lowest BCUT2D eigenvalue weighted by atomic mass is 9.91. The molecule has 11 heteroatoms. The number of amides is 3. The lowest BCUT2D eigenvalue weighted by Gasteiger charge is -2.28. The molecule has 1 atom stereocenters. The summed E-state index contributed by atoms with van der Waals surface area (Å²) in [5.41, 5.74) is 1.41. The molecule has 37 heavy (non-hydrogen) atoms. The lowest BCUT2D eigenvalue weighted by Crippen LogP contribution is -2.50. The van der Waals surface area contributed by atoms with E-state index in [0.29, 0.717) is 17.2 Å². The van der Waals surface area contributed by atoms with Crippen molar-refractivity contribution in [3.63, 3.8) is 0 Å². The number of carbonyl (C=O) groups excluding carboxylic acids is 3. The van der Waals surface area contributed by atoms with Crippen LogP contribution in [0.25, 0.3) is 11.3 Å². The lowest BCUT2D eigenvalue weighted by molar-refractivity contribution is -0.129. The summed E-state index contributed by atoms with van der Waals surface area (Å²) in [4.78, 5) is 44.0. The van der Waals surface area contributed by atoms with Crippen LogP contribution >= 0.6 is 0 Å². The van der Waals surface area contributed by atoms with Gasteiger partial charge in [0.15, 0.2) is 0 Å². The normalized spacial score (nSPS) is 15.4. The maximum Gasteiger partial charge on any atom is 0.408 e. The van der Waals surface area contributed by atoms with Crippen LogP contribution in [0.15, 0.2) is 18.3 Å². The van der Waals surface area contributed by atoms with Crippen molar-refractivity contribution >= 4 is 23.7 Å². The van der Waals surface area contributed by atoms with Gasteiger partial charge in [-0.3, -0.25) is 9.59 Å². The van der Waals surface area contributed by atoms with E-state index in [-0.39, 0.29) is 24.3 Å². The average molecular weight is 514 g/mol. The molecule has 1 aliphatic carbocycles. The Kier molecular flexibility index (Phi) is 9.23. The molecule has 0 spiro atoms. The summed E-state index contributed by atoms with van der Waals surface area (Å²) in [6.45, 7) is 7.24. The first-order valence-corrected chi connectivity index (χ1v) is 12.8. The Bertz CT molecular complexity index is 1080. The highest BCUT2D eigenvalue weighted by atomic mass is 16.6. The number of ether oxygens (including phenoxy) is 1. The van der Waals surface area contributed by atoms with Crippen molar-refractivity contribution in [2.75, 3.05) is 19.4 Å². The van der Waals surface area contributed by atoms with Crippen LogP contribution in [0.2, 0.25) is 0 Å². The SMILES string of the molecule is Cc1nnn(CC(=O)N(C)C)c1-c1ccc(NC(=O)[C@@H](NC(=O)OC(C)(C)C)C2CCCCCC2)nc1. The van der Waals surface area contributed by atoms with Crippen LogP contribution in [-0.4, -0.2) is 68.5 Å². The number of carbonyl (C=O) groups is 3. The fourth-order valence-corrected chi connectivity index (χ4v) is 4.43.